The lowest BCUT2D eigenvalue weighted by Crippen LogP contribution is -2.39. The third kappa shape index (κ3) is 4.77. The minimum atomic E-state index is -0.823. The van der Waals surface area contributed by atoms with Gasteiger partial charge in [-0.3, -0.25) is 9.59 Å². The number of rotatable bonds is 7. The van der Waals surface area contributed by atoms with Gasteiger partial charge in [-0.15, -0.1) is 0 Å². The maximum absolute atomic E-state index is 12.6. The van der Waals surface area contributed by atoms with Crippen LogP contribution in [0.4, 0.5) is 4.79 Å². The maximum Gasteiger partial charge on any atom is 0.407 e. The number of alkyl carbamates (subject to hydrolysis) is 1. The average Bonchev–Trinajstić information content (AvgIpc) is 3.37. The molecule has 7 nitrogen and oxygen atoms in total. The highest BCUT2D eigenvalue weighted by atomic mass is 16.5. The molecular weight excluding hydrogens is 444 g/mol. The molecule has 2 N–H and O–H groups in total. The average molecular weight is 477 g/mol. The minimum absolute atomic E-state index is 0.00741. The van der Waals surface area contributed by atoms with E-state index >= 15 is 0 Å². The summed E-state index contributed by atoms with van der Waals surface area (Å²) in [6, 6.07) is 16.5. The van der Waals surface area contributed by atoms with E-state index < -0.39 is 18.0 Å². The number of carbonyl (C=O) groups is 3. The summed E-state index contributed by atoms with van der Waals surface area (Å²) in [4.78, 5) is 37.9. The number of carboxylic acid groups (broad SMARTS) is 1. The Balaban J connectivity index is 1.03. The predicted molar refractivity (Wildman–Crippen MR) is 131 cm³/mol. The van der Waals surface area contributed by atoms with Crippen LogP contribution in [0.1, 0.15) is 43.2 Å². The Morgan fingerprint density at radius 2 is 1.60 bits per heavy atom. The van der Waals surface area contributed by atoms with Gasteiger partial charge >= 0.3 is 12.1 Å². The second kappa shape index (κ2) is 9.72. The van der Waals surface area contributed by atoms with Crippen LogP contribution in [0, 0.1) is 23.7 Å². The molecule has 0 radical (unpaired) electrons. The Bertz CT molecular complexity index is 1080. The normalized spacial score (nSPS) is 24.9. The van der Waals surface area contributed by atoms with Gasteiger partial charge in [-0.05, 0) is 52.8 Å². The number of nitrogens with one attached hydrogen (secondary N) is 1. The number of likely N-dealkylation sites (tertiary alicyclic amines) is 1. The van der Waals surface area contributed by atoms with E-state index in [0.29, 0.717) is 44.5 Å². The summed E-state index contributed by atoms with van der Waals surface area (Å²) in [6.45, 7) is 3.57. The summed E-state index contributed by atoms with van der Waals surface area (Å²) in [7, 11) is 0. The van der Waals surface area contributed by atoms with Crippen LogP contribution in [0.5, 0.6) is 0 Å². The van der Waals surface area contributed by atoms with Gasteiger partial charge in [0, 0.05) is 32.0 Å². The molecule has 1 aliphatic heterocycles. The van der Waals surface area contributed by atoms with Crippen molar-refractivity contribution < 1.29 is 24.2 Å². The van der Waals surface area contributed by atoms with Crippen LogP contribution < -0.4 is 5.32 Å². The second-order valence-electron chi connectivity index (χ2n) is 10.3. The molecule has 0 aromatic heterocycles. The van der Waals surface area contributed by atoms with Crippen molar-refractivity contribution in [3.8, 4) is 11.1 Å². The summed E-state index contributed by atoms with van der Waals surface area (Å²) in [5.74, 6) is -0.555. The van der Waals surface area contributed by atoms with Crippen LogP contribution >= 0.6 is 0 Å². The van der Waals surface area contributed by atoms with Crippen LogP contribution in [0.15, 0.2) is 48.5 Å². The molecule has 2 aromatic carbocycles. The van der Waals surface area contributed by atoms with Gasteiger partial charge in [0.05, 0.1) is 5.92 Å². The van der Waals surface area contributed by atoms with E-state index in [2.05, 4.69) is 29.6 Å². The molecule has 1 saturated carbocycles. The van der Waals surface area contributed by atoms with Gasteiger partial charge in [0.15, 0.2) is 0 Å². The number of hydrogen-bond donors (Lipinski definition) is 2. The molecule has 7 heteroatoms. The lowest BCUT2D eigenvalue weighted by Gasteiger charge is -2.35. The van der Waals surface area contributed by atoms with E-state index in [1.807, 2.05) is 31.2 Å². The highest BCUT2D eigenvalue weighted by molar-refractivity contribution is 5.80. The fourth-order valence-electron chi connectivity index (χ4n) is 5.95. The van der Waals surface area contributed by atoms with Crippen molar-refractivity contribution in [2.24, 2.45) is 23.7 Å². The summed E-state index contributed by atoms with van der Waals surface area (Å²) in [5, 5.41) is 12.2. The zero-order valence-corrected chi connectivity index (χ0v) is 20.0. The number of fused-ring (bicyclic) bond motifs is 3. The molecule has 1 heterocycles. The van der Waals surface area contributed by atoms with Crippen molar-refractivity contribution in [3.05, 3.63) is 59.7 Å². The second-order valence-corrected chi connectivity index (χ2v) is 10.3. The minimum Gasteiger partial charge on any atom is -0.481 e. The lowest BCUT2D eigenvalue weighted by molar-refractivity contribution is -0.142. The first-order valence-electron chi connectivity index (χ1n) is 12.5. The maximum atomic E-state index is 12.6. The summed E-state index contributed by atoms with van der Waals surface area (Å²) in [5.41, 5.74) is 4.79. The van der Waals surface area contributed by atoms with Crippen LogP contribution in [0.2, 0.25) is 0 Å². The number of ether oxygens (including phenoxy) is 1. The largest absolute Gasteiger partial charge is 0.481 e. The number of carbonyl (C=O) groups excluding carboxylic acids is 2. The SMILES string of the molecule is C[C@@H]1CN(C(=O)CC2CC(CNC(=O)OCC3c4ccccc4-c4ccccc43)C2)C[C@H]1C(=O)O. The third-order valence-electron chi connectivity index (χ3n) is 7.96. The topological polar surface area (TPSA) is 95.9 Å². The molecule has 2 aromatic rings. The van der Waals surface area contributed by atoms with Crippen LogP contribution in [0.3, 0.4) is 0 Å². The molecule has 3 aliphatic rings. The van der Waals surface area contributed by atoms with Gasteiger partial charge in [-0.25, -0.2) is 4.79 Å². The number of nitrogens with zero attached hydrogens (tertiary/aromatic N) is 1. The number of benzene rings is 2. The van der Waals surface area contributed by atoms with E-state index in [9.17, 15) is 19.5 Å². The van der Waals surface area contributed by atoms with E-state index in [1.165, 1.54) is 22.3 Å². The summed E-state index contributed by atoms with van der Waals surface area (Å²) < 4.78 is 5.60. The number of carboxylic acids is 1. The monoisotopic (exact) mass is 476 g/mol. The van der Waals surface area contributed by atoms with Crippen molar-refractivity contribution in [2.75, 3.05) is 26.2 Å². The predicted octanol–water partition coefficient (Wildman–Crippen LogP) is 4.12. The Hall–Kier alpha value is -3.35. The summed E-state index contributed by atoms with van der Waals surface area (Å²) in [6.07, 6.45) is 1.83. The Morgan fingerprint density at radius 1 is 0.971 bits per heavy atom. The number of aliphatic carboxylic acids is 1. The van der Waals surface area contributed by atoms with E-state index in [0.717, 1.165) is 12.8 Å². The molecule has 1 saturated heterocycles. The molecule has 0 spiro atoms. The fraction of sp³-hybridized carbons (Fsp3) is 0.464. The smallest absolute Gasteiger partial charge is 0.407 e. The Labute approximate surface area is 205 Å². The Morgan fingerprint density at radius 3 is 2.20 bits per heavy atom. The molecule has 184 valence electrons. The van der Waals surface area contributed by atoms with E-state index in [4.69, 9.17) is 4.74 Å². The zero-order valence-electron chi connectivity index (χ0n) is 20.0. The standard InChI is InChI=1S/C28H32N2O5/c1-17-14-30(15-24(17)27(32)33)26(31)12-18-10-19(11-18)13-29-28(34)35-16-25-22-8-4-2-6-20(22)21-7-3-5-9-23(21)25/h2-9,17-19,24-25H,10-16H2,1H3,(H,29,34)(H,32,33)/t17-,18?,19?,24-/m1/s1. The number of amides is 2. The van der Waals surface area contributed by atoms with Gasteiger partial charge in [-0.2, -0.15) is 0 Å². The van der Waals surface area contributed by atoms with Gasteiger partial charge in [0.2, 0.25) is 5.91 Å². The first-order chi connectivity index (χ1) is 16.9. The van der Waals surface area contributed by atoms with Gasteiger partial charge in [-0.1, -0.05) is 55.5 Å². The highest BCUT2D eigenvalue weighted by Crippen LogP contribution is 2.44. The van der Waals surface area contributed by atoms with Crippen LogP contribution in [0.25, 0.3) is 11.1 Å². The molecule has 0 unspecified atom stereocenters. The van der Waals surface area contributed by atoms with Crippen molar-refractivity contribution in [1.29, 1.82) is 0 Å². The molecular formula is C28H32N2O5. The Kier molecular flexibility index (Phi) is 6.50. The fourth-order valence-corrected chi connectivity index (χ4v) is 5.95. The summed E-state index contributed by atoms with van der Waals surface area (Å²) >= 11 is 0. The van der Waals surface area contributed by atoms with Crippen molar-refractivity contribution in [1.82, 2.24) is 10.2 Å². The molecule has 2 fully saturated rings. The molecule has 2 aliphatic carbocycles. The third-order valence-corrected chi connectivity index (χ3v) is 7.96. The zero-order chi connectivity index (χ0) is 24.5. The molecule has 2 amide bonds. The van der Waals surface area contributed by atoms with Gasteiger partial charge in [0.1, 0.15) is 6.61 Å². The highest BCUT2D eigenvalue weighted by Gasteiger charge is 2.39. The molecule has 5 rings (SSSR count). The van der Waals surface area contributed by atoms with Crippen LogP contribution in [-0.4, -0.2) is 54.2 Å². The molecule has 0 bridgehead atoms. The van der Waals surface area contributed by atoms with Crippen molar-refractivity contribution in [3.63, 3.8) is 0 Å². The molecule has 2 atom stereocenters. The molecule has 35 heavy (non-hydrogen) atoms. The quantitative estimate of drug-likeness (QED) is 0.627. The first kappa shape index (κ1) is 23.4. The van der Waals surface area contributed by atoms with Crippen molar-refractivity contribution in [2.45, 2.75) is 32.1 Å². The van der Waals surface area contributed by atoms with Gasteiger partial charge in [0.25, 0.3) is 0 Å². The van der Waals surface area contributed by atoms with E-state index in [-0.39, 0.29) is 17.7 Å². The van der Waals surface area contributed by atoms with Crippen molar-refractivity contribution >= 4 is 18.0 Å². The first-order valence-corrected chi connectivity index (χ1v) is 12.5. The van der Waals surface area contributed by atoms with Gasteiger partial charge < -0.3 is 20.1 Å². The van der Waals surface area contributed by atoms with Crippen LogP contribution in [-0.2, 0) is 14.3 Å². The number of hydrogen-bond acceptors (Lipinski definition) is 4. The van der Waals surface area contributed by atoms with E-state index in [1.54, 1.807) is 4.90 Å². The lowest BCUT2D eigenvalue weighted by atomic mass is 9.73.